The fourth-order valence-electron chi connectivity index (χ4n) is 3.17. The second-order valence-electron chi connectivity index (χ2n) is 6.67. The van der Waals surface area contributed by atoms with Crippen LogP contribution in [0.5, 0.6) is 5.75 Å². The lowest BCUT2D eigenvalue weighted by atomic mass is 9.95. The average molecular weight is 347 g/mol. The molecular formula is C18H26N4OS. The maximum atomic E-state index is 9.54. The van der Waals surface area contributed by atoms with Crippen molar-refractivity contribution in [2.45, 2.75) is 43.3 Å². The molecule has 1 aromatic carbocycles. The molecule has 1 fully saturated rings. The van der Waals surface area contributed by atoms with Gasteiger partial charge in [0, 0.05) is 23.9 Å². The minimum Gasteiger partial charge on any atom is -0.508 e. The Morgan fingerprint density at radius 1 is 1.12 bits per heavy atom. The number of hydrogen-bond acceptors (Lipinski definition) is 5. The summed E-state index contributed by atoms with van der Waals surface area (Å²) in [6, 6.07) is 7.77. The van der Waals surface area contributed by atoms with Gasteiger partial charge in [-0.3, -0.25) is 4.57 Å². The molecule has 0 bridgehead atoms. The maximum absolute atomic E-state index is 9.54. The Morgan fingerprint density at radius 2 is 1.83 bits per heavy atom. The van der Waals surface area contributed by atoms with Gasteiger partial charge in [0.25, 0.3) is 0 Å². The molecule has 1 saturated carbocycles. The van der Waals surface area contributed by atoms with Gasteiger partial charge in [0.2, 0.25) is 0 Å². The lowest BCUT2D eigenvalue weighted by Gasteiger charge is -2.25. The standard InChI is InChI=1S/C18H26N4OS/c1-21(2)12-13-24-18-20-19-17(14-8-10-16(23)11-9-14)22(18)15-6-4-3-5-7-15/h8-11,15,23H,3-7,12-13H2,1-2H3. The van der Waals surface area contributed by atoms with Crippen molar-refractivity contribution in [2.24, 2.45) is 0 Å². The van der Waals surface area contributed by atoms with Crippen molar-refractivity contribution < 1.29 is 5.11 Å². The fourth-order valence-corrected chi connectivity index (χ4v) is 4.28. The number of phenols is 1. The molecule has 0 aliphatic heterocycles. The molecule has 0 amide bonds. The molecule has 3 rings (SSSR count). The van der Waals surface area contributed by atoms with Crippen LogP contribution in [0.2, 0.25) is 0 Å². The number of aromatic nitrogens is 3. The maximum Gasteiger partial charge on any atom is 0.191 e. The second-order valence-corrected chi connectivity index (χ2v) is 7.73. The van der Waals surface area contributed by atoms with Gasteiger partial charge in [-0.15, -0.1) is 10.2 Å². The van der Waals surface area contributed by atoms with E-state index in [-0.39, 0.29) is 5.75 Å². The SMILES string of the molecule is CN(C)CCSc1nnc(-c2ccc(O)cc2)n1C1CCCCC1. The number of phenolic OH excluding ortho intramolecular Hbond substituents is 1. The molecule has 24 heavy (non-hydrogen) atoms. The monoisotopic (exact) mass is 346 g/mol. The highest BCUT2D eigenvalue weighted by atomic mass is 32.2. The zero-order chi connectivity index (χ0) is 16.9. The van der Waals surface area contributed by atoms with Gasteiger partial charge >= 0.3 is 0 Å². The summed E-state index contributed by atoms with van der Waals surface area (Å²) in [5.74, 6) is 2.21. The van der Waals surface area contributed by atoms with Crippen molar-refractivity contribution in [3.8, 4) is 17.1 Å². The van der Waals surface area contributed by atoms with Crippen LogP contribution in [0.25, 0.3) is 11.4 Å². The highest BCUT2D eigenvalue weighted by molar-refractivity contribution is 7.99. The van der Waals surface area contributed by atoms with Gasteiger partial charge in [-0.05, 0) is 51.2 Å². The summed E-state index contributed by atoms with van der Waals surface area (Å²) in [5, 5.41) is 19.5. The molecule has 5 nitrogen and oxygen atoms in total. The highest BCUT2D eigenvalue weighted by Crippen LogP contribution is 2.35. The molecule has 0 unspecified atom stereocenters. The summed E-state index contributed by atoms with van der Waals surface area (Å²) in [6.45, 7) is 1.02. The van der Waals surface area contributed by atoms with Crippen LogP contribution in [0.1, 0.15) is 38.1 Å². The van der Waals surface area contributed by atoms with Gasteiger partial charge in [0.1, 0.15) is 5.75 Å². The zero-order valence-corrected chi connectivity index (χ0v) is 15.3. The topological polar surface area (TPSA) is 54.2 Å². The minimum absolute atomic E-state index is 0.281. The van der Waals surface area contributed by atoms with Gasteiger partial charge in [-0.1, -0.05) is 31.0 Å². The first-order valence-corrected chi connectivity index (χ1v) is 9.65. The summed E-state index contributed by atoms with van der Waals surface area (Å²) in [5.41, 5.74) is 1.02. The largest absolute Gasteiger partial charge is 0.508 e. The van der Waals surface area contributed by atoms with Crippen molar-refractivity contribution in [1.82, 2.24) is 19.7 Å². The molecule has 1 aliphatic rings. The summed E-state index contributed by atoms with van der Waals surface area (Å²) in [4.78, 5) is 2.19. The summed E-state index contributed by atoms with van der Waals surface area (Å²) in [6.07, 6.45) is 6.28. The first-order valence-electron chi connectivity index (χ1n) is 8.67. The van der Waals surface area contributed by atoms with Crippen LogP contribution >= 0.6 is 11.8 Å². The molecule has 0 radical (unpaired) electrons. The van der Waals surface area contributed by atoms with E-state index in [1.54, 1.807) is 23.9 Å². The molecule has 1 aromatic heterocycles. The van der Waals surface area contributed by atoms with Crippen LogP contribution in [0.3, 0.4) is 0 Å². The third-order valence-corrected chi connectivity index (χ3v) is 5.42. The number of nitrogens with zero attached hydrogens (tertiary/aromatic N) is 4. The smallest absolute Gasteiger partial charge is 0.191 e. The number of aromatic hydroxyl groups is 1. The van der Waals surface area contributed by atoms with E-state index in [1.807, 2.05) is 12.1 Å². The van der Waals surface area contributed by atoms with Crippen molar-refractivity contribution in [2.75, 3.05) is 26.4 Å². The van der Waals surface area contributed by atoms with E-state index < -0.39 is 0 Å². The van der Waals surface area contributed by atoms with Crippen LogP contribution in [0, 0.1) is 0 Å². The van der Waals surface area contributed by atoms with Gasteiger partial charge in [-0.25, -0.2) is 0 Å². The van der Waals surface area contributed by atoms with E-state index in [4.69, 9.17) is 0 Å². The predicted octanol–water partition coefficient (Wildman–Crippen LogP) is 3.81. The quantitative estimate of drug-likeness (QED) is 0.806. The molecule has 0 atom stereocenters. The molecular weight excluding hydrogens is 320 g/mol. The van der Waals surface area contributed by atoms with E-state index in [2.05, 4.69) is 33.8 Å². The molecule has 2 aromatic rings. The number of thioether (sulfide) groups is 1. The van der Waals surface area contributed by atoms with E-state index in [0.717, 1.165) is 28.8 Å². The average Bonchev–Trinajstić information content (AvgIpc) is 3.00. The van der Waals surface area contributed by atoms with Crippen LogP contribution in [0.15, 0.2) is 29.4 Å². The Kier molecular flexibility index (Phi) is 5.79. The molecule has 1 N–H and O–H groups in total. The second kappa shape index (κ2) is 8.03. The zero-order valence-electron chi connectivity index (χ0n) is 14.5. The van der Waals surface area contributed by atoms with Crippen molar-refractivity contribution in [1.29, 1.82) is 0 Å². The number of hydrogen-bond donors (Lipinski definition) is 1. The Labute approximate surface area is 148 Å². The van der Waals surface area contributed by atoms with Gasteiger partial charge < -0.3 is 10.0 Å². The molecule has 1 heterocycles. The lowest BCUT2D eigenvalue weighted by molar-refractivity contribution is 0.339. The highest BCUT2D eigenvalue weighted by Gasteiger charge is 2.23. The number of benzene rings is 1. The summed E-state index contributed by atoms with van der Waals surface area (Å²) >= 11 is 1.79. The van der Waals surface area contributed by atoms with E-state index >= 15 is 0 Å². The predicted molar refractivity (Wildman–Crippen MR) is 98.5 cm³/mol. The van der Waals surface area contributed by atoms with Gasteiger partial charge in [-0.2, -0.15) is 0 Å². The Bertz CT molecular complexity index is 648. The first kappa shape index (κ1) is 17.3. The van der Waals surface area contributed by atoms with Crippen molar-refractivity contribution in [3.05, 3.63) is 24.3 Å². The lowest BCUT2D eigenvalue weighted by Crippen LogP contribution is -2.17. The Balaban J connectivity index is 1.89. The molecule has 1 aliphatic carbocycles. The fraction of sp³-hybridized carbons (Fsp3) is 0.556. The van der Waals surface area contributed by atoms with Crippen molar-refractivity contribution >= 4 is 11.8 Å². The Morgan fingerprint density at radius 3 is 2.50 bits per heavy atom. The van der Waals surface area contributed by atoms with Crippen LogP contribution in [-0.2, 0) is 0 Å². The van der Waals surface area contributed by atoms with E-state index in [0.29, 0.717) is 6.04 Å². The molecule has 0 spiro atoms. The number of rotatable bonds is 6. The third kappa shape index (κ3) is 4.11. The van der Waals surface area contributed by atoms with Crippen LogP contribution in [0.4, 0.5) is 0 Å². The van der Waals surface area contributed by atoms with Crippen molar-refractivity contribution in [3.63, 3.8) is 0 Å². The van der Waals surface area contributed by atoms with E-state index in [1.165, 1.54) is 32.1 Å². The van der Waals surface area contributed by atoms with Gasteiger partial charge in [0.15, 0.2) is 11.0 Å². The Hall–Kier alpha value is -1.53. The summed E-state index contributed by atoms with van der Waals surface area (Å²) < 4.78 is 2.34. The normalized spacial score (nSPS) is 16.0. The third-order valence-electron chi connectivity index (χ3n) is 4.50. The van der Waals surface area contributed by atoms with E-state index in [9.17, 15) is 5.11 Å². The molecule has 130 valence electrons. The summed E-state index contributed by atoms with van der Waals surface area (Å²) in [7, 11) is 4.18. The van der Waals surface area contributed by atoms with Gasteiger partial charge in [0.05, 0.1) is 0 Å². The van der Waals surface area contributed by atoms with Crippen LogP contribution < -0.4 is 0 Å². The molecule has 6 heteroatoms. The minimum atomic E-state index is 0.281. The van der Waals surface area contributed by atoms with Crippen LogP contribution in [-0.4, -0.2) is 51.2 Å². The first-order chi connectivity index (χ1) is 11.6. The molecule has 0 saturated heterocycles.